The molecule has 7 rings (SSSR count). The summed E-state index contributed by atoms with van der Waals surface area (Å²) >= 11 is 0. The van der Waals surface area contributed by atoms with Gasteiger partial charge in [-0.15, -0.1) is 0 Å². The number of hydrogen-bond donors (Lipinski definition) is 0. The Kier molecular flexibility index (Phi) is 9.38. The molecule has 8 nitrogen and oxygen atoms in total. The second kappa shape index (κ2) is 13.9. The zero-order chi connectivity index (χ0) is 30.6. The third kappa shape index (κ3) is 6.76. The van der Waals surface area contributed by atoms with Crippen LogP contribution in [0.5, 0.6) is 23.1 Å². The van der Waals surface area contributed by atoms with Crippen LogP contribution >= 0.6 is 0 Å². The molecular weight excluding hydrogens is 562 g/mol. The number of piperidine rings is 1. The number of imidazole rings is 1. The molecule has 45 heavy (non-hydrogen) atoms. The highest BCUT2D eigenvalue weighted by Crippen LogP contribution is 2.40. The van der Waals surface area contributed by atoms with Crippen molar-refractivity contribution < 1.29 is 14.2 Å². The summed E-state index contributed by atoms with van der Waals surface area (Å²) in [4.78, 5) is 16.8. The maximum absolute atomic E-state index is 6.48. The van der Waals surface area contributed by atoms with Crippen molar-refractivity contribution in [3.05, 3.63) is 42.5 Å². The number of likely N-dealkylation sites (tertiary alicyclic amines) is 1. The van der Waals surface area contributed by atoms with Crippen molar-refractivity contribution in [2.45, 2.75) is 102 Å². The summed E-state index contributed by atoms with van der Waals surface area (Å²) < 4.78 is 21.2. The Morgan fingerprint density at radius 2 is 1.51 bits per heavy atom. The van der Waals surface area contributed by atoms with Crippen molar-refractivity contribution in [1.29, 1.82) is 0 Å². The molecule has 2 saturated carbocycles. The average molecular weight is 612 g/mol. The molecule has 0 N–H and O–H groups in total. The third-order valence-electron chi connectivity index (χ3n) is 10.5. The summed E-state index contributed by atoms with van der Waals surface area (Å²) in [6, 6.07) is 10.8. The number of aromatic nitrogens is 4. The van der Waals surface area contributed by atoms with Crippen LogP contribution in [0.3, 0.4) is 0 Å². The number of fused-ring (bicyclic) bond motifs is 2. The summed E-state index contributed by atoms with van der Waals surface area (Å²) in [5.41, 5.74) is 3.04. The average Bonchev–Trinajstić information content (AvgIpc) is 3.27. The van der Waals surface area contributed by atoms with Crippen LogP contribution in [-0.2, 0) is 0 Å². The first-order valence-corrected chi connectivity index (χ1v) is 17.5. The lowest BCUT2D eigenvalue weighted by Gasteiger charge is -2.28. The molecule has 4 aromatic rings. The number of ether oxygens (including phenoxy) is 3. The minimum Gasteiger partial charge on any atom is -0.493 e. The Bertz CT molecular complexity index is 1580. The van der Waals surface area contributed by atoms with Crippen LogP contribution in [0.2, 0.25) is 0 Å². The smallest absolute Gasteiger partial charge is 0.230 e. The van der Waals surface area contributed by atoms with Gasteiger partial charge in [0.05, 0.1) is 35.7 Å². The van der Waals surface area contributed by atoms with Crippen molar-refractivity contribution in [2.24, 2.45) is 5.92 Å². The van der Waals surface area contributed by atoms with Gasteiger partial charge in [-0.05, 0) is 82.8 Å². The van der Waals surface area contributed by atoms with Crippen LogP contribution in [0, 0.1) is 5.92 Å². The van der Waals surface area contributed by atoms with Gasteiger partial charge in [-0.2, -0.15) is 0 Å². The molecule has 2 aliphatic carbocycles. The summed E-state index contributed by atoms with van der Waals surface area (Å²) in [5.74, 6) is 5.03. The molecule has 0 spiro atoms. The summed E-state index contributed by atoms with van der Waals surface area (Å²) in [6.45, 7) is 2.91. The Labute approximate surface area is 267 Å². The van der Waals surface area contributed by atoms with E-state index >= 15 is 0 Å². The molecule has 0 unspecified atom stereocenters. The molecule has 1 saturated heterocycles. The molecule has 3 heterocycles. The van der Waals surface area contributed by atoms with Crippen molar-refractivity contribution in [3.8, 4) is 23.1 Å². The van der Waals surface area contributed by atoms with Gasteiger partial charge in [0.1, 0.15) is 17.9 Å². The fourth-order valence-corrected chi connectivity index (χ4v) is 7.83. The molecule has 2 aromatic heterocycles. The van der Waals surface area contributed by atoms with E-state index in [0.29, 0.717) is 41.9 Å². The van der Waals surface area contributed by atoms with Gasteiger partial charge < -0.3 is 23.7 Å². The molecule has 1 aliphatic heterocycles. The largest absolute Gasteiger partial charge is 0.493 e. The monoisotopic (exact) mass is 611 g/mol. The predicted octanol–water partition coefficient (Wildman–Crippen LogP) is 8.83. The van der Waals surface area contributed by atoms with E-state index in [4.69, 9.17) is 19.2 Å². The lowest BCUT2D eigenvalue weighted by atomic mass is 9.98. The van der Waals surface area contributed by atoms with Gasteiger partial charge in [0.25, 0.3) is 0 Å². The van der Waals surface area contributed by atoms with Crippen LogP contribution in [0.25, 0.3) is 21.9 Å². The predicted molar refractivity (Wildman–Crippen MR) is 179 cm³/mol. The van der Waals surface area contributed by atoms with Gasteiger partial charge in [-0.3, -0.25) is 0 Å². The Morgan fingerprint density at radius 3 is 2.24 bits per heavy atom. The highest BCUT2D eigenvalue weighted by molar-refractivity contribution is 5.87. The zero-order valence-corrected chi connectivity index (χ0v) is 27.2. The molecule has 3 fully saturated rings. The van der Waals surface area contributed by atoms with Gasteiger partial charge in [-0.1, -0.05) is 51.4 Å². The van der Waals surface area contributed by atoms with Crippen molar-refractivity contribution in [2.75, 3.05) is 33.9 Å². The molecule has 2 aromatic carbocycles. The first kappa shape index (κ1) is 30.3. The van der Waals surface area contributed by atoms with Crippen LogP contribution in [0.15, 0.2) is 36.7 Å². The van der Waals surface area contributed by atoms with Gasteiger partial charge in [0, 0.05) is 24.1 Å². The minimum atomic E-state index is 0.506. The number of nitrogens with zero attached hydrogens (tertiary/aromatic N) is 5. The second-order valence-corrected chi connectivity index (χ2v) is 13.7. The molecular formula is C37H49N5O3. The molecule has 0 amide bonds. The molecule has 0 atom stereocenters. The topological polar surface area (TPSA) is 74.5 Å². The van der Waals surface area contributed by atoms with Gasteiger partial charge >= 0.3 is 0 Å². The Balaban J connectivity index is 1.17. The van der Waals surface area contributed by atoms with Crippen LogP contribution in [-0.4, -0.2) is 58.3 Å². The van der Waals surface area contributed by atoms with Crippen LogP contribution < -0.4 is 14.2 Å². The quantitative estimate of drug-likeness (QED) is 0.184. The number of rotatable bonds is 8. The van der Waals surface area contributed by atoms with E-state index in [1.165, 1.54) is 88.4 Å². The third-order valence-corrected chi connectivity index (χ3v) is 10.5. The van der Waals surface area contributed by atoms with Crippen LogP contribution in [0.4, 0.5) is 0 Å². The fraction of sp³-hybridized carbons (Fsp3) is 0.595. The maximum Gasteiger partial charge on any atom is 0.230 e. The minimum absolute atomic E-state index is 0.506. The molecule has 8 heteroatoms. The number of methoxy groups -OCH3 is 1. The van der Waals surface area contributed by atoms with Crippen LogP contribution in [0.1, 0.15) is 108 Å². The van der Waals surface area contributed by atoms with E-state index in [1.807, 2.05) is 12.1 Å². The second-order valence-electron chi connectivity index (χ2n) is 13.7. The molecule has 0 bridgehead atoms. The van der Waals surface area contributed by atoms with Gasteiger partial charge in [-0.25, -0.2) is 15.0 Å². The standard InChI is InChI=1S/C37H49N5O3/c1-41-19-17-26(18-20-41)24-44-35-23-31-30(22-34(35)43-2)37(39-25-38-31)45-29-15-16-33-32(21-29)40-36(27-11-7-3-4-8-12-27)42(33)28-13-9-5-6-10-14-28/h15-16,21-23,25-28H,3-14,17-20,24H2,1-2H3. The van der Waals surface area contributed by atoms with E-state index < -0.39 is 0 Å². The zero-order valence-electron chi connectivity index (χ0n) is 27.2. The molecule has 240 valence electrons. The SMILES string of the molecule is COc1cc2c(Oc3ccc4c(c3)nc(C3CCCCCC3)n4C3CCCCCC3)ncnc2cc1OCC1CCN(C)CC1. The lowest BCUT2D eigenvalue weighted by Crippen LogP contribution is -2.32. The van der Waals surface area contributed by atoms with E-state index in [2.05, 4.69) is 44.7 Å². The van der Waals surface area contributed by atoms with Crippen molar-refractivity contribution in [1.82, 2.24) is 24.4 Å². The first-order valence-electron chi connectivity index (χ1n) is 17.5. The van der Waals surface area contributed by atoms with E-state index in [0.717, 1.165) is 48.1 Å². The van der Waals surface area contributed by atoms with E-state index in [9.17, 15) is 0 Å². The normalized spacial score (nSPS) is 19.9. The van der Waals surface area contributed by atoms with Crippen molar-refractivity contribution in [3.63, 3.8) is 0 Å². The highest BCUT2D eigenvalue weighted by Gasteiger charge is 2.27. The van der Waals surface area contributed by atoms with Gasteiger partial charge in [0.2, 0.25) is 5.88 Å². The maximum atomic E-state index is 6.48. The molecule has 0 radical (unpaired) electrons. The number of benzene rings is 2. The summed E-state index contributed by atoms with van der Waals surface area (Å²) in [6.07, 6.45) is 19.5. The summed E-state index contributed by atoms with van der Waals surface area (Å²) in [5, 5.41) is 0.796. The lowest BCUT2D eigenvalue weighted by molar-refractivity contribution is 0.157. The van der Waals surface area contributed by atoms with E-state index in [-0.39, 0.29) is 0 Å². The number of hydrogen-bond acceptors (Lipinski definition) is 7. The van der Waals surface area contributed by atoms with E-state index in [1.54, 1.807) is 13.4 Å². The van der Waals surface area contributed by atoms with Crippen molar-refractivity contribution >= 4 is 21.9 Å². The summed E-state index contributed by atoms with van der Waals surface area (Å²) in [7, 11) is 3.86. The Hall–Kier alpha value is -3.39. The highest BCUT2D eigenvalue weighted by atomic mass is 16.5. The molecule has 3 aliphatic rings. The Morgan fingerprint density at radius 1 is 0.778 bits per heavy atom. The fourth-order valence-electron chi connectivity index (χ4n) is 7.83. The van der Waals surface area contributed by atoms with Gasteiger partial charge in [0.15, 0.2) is 11.5 Å². The first-order chi connectivity index (χ1) is 22.2.